The number of hydrogen-bond acceptors (Lipinski definition) is 2. The van der Waals surface area contributed by atoms with Gasteiger partial charge in [0.15, 0.2) is 0 Å². The summed E-state index contributed by atoms with van der Waals surface area (Å²) in [7, 11) is 0. The van der Waals surface area contributed by atoms with E-state index >= 15 is 0 Å². The molecule has 2 N–H and O–H groups in total. The fourth-order valence-electron chi connectivity index (χ4n) is 2.87. The fourth-order valence-corrected chi connectivity index (χ4v) is 2.87. The molecule has 0 saturated carbocycles. The van der Waals surface area contributed by atoms with Crippen LogP contribution in [0.5, 0.6) is 0 Å². The molecule has 21 heavy (non-hydrogen) atoms. The molecule has 0 spiro atoms. The summed E-state index contributed by atoms with van der Waals surface area (Å²) < 4.78 is 0. The topological polar surface area (TPSA) is 38.9 Å². The zero-order valence-corrected chi connectivity index (χ0v) is 12.6. The number of unbranched alkanes of at least 4 members (excludes halogenated alkanes) is 3. The highest BCUT2D eigenvalue weighted by molar-refractivity contribution is 5.98. The minimum Gasteiger partial charge on any atom is -0.397 e. The third kappa shape index (κ3) is 2.85. The lowest BCUT2D eigenvalue weighted by molar-refractivity contribution is 0.667. The van der Waals surface area contributed by atoms with Crippen LogP contribution in [0.1, 0.15) is 38.2 Å². The van der Waals surface area contributed by atoms with E-state index in [1.165, 1.54) is 36.6 Å². The van der Waals surface area contributed by atoms with Gasteiger partial charge in [0.05, 0.1) is 16.7 Å². The predicted octanol–water partition coefficient (Wildman–Crippen LogP) is 5.09. The Hall–Kier alpha value is -2.09. The van der Waals surface area contributed by atoms with E-state index in [9.17, 15) is 0 Å². The van der Waals surface area contributed by atoms with Crippen LogP contribution in [0.3, 0.4) is 0 Å². The van der Waals surface area contributed by atoms with Crippen LogP contribution in [0.15, 0.2) is 42.5 Å². The Bertz CT molecular complexity index is 762. The molecule has 1 heterocycles. The SMILES string of the molecule is CCCCCCc1ccc2cc3ccccc3nc2c1N. The van der Waals surface area contributed by atoms with E-state index in [1.54, 1.807) is 0 Å². The maximum atomic E-state index is 6.36. The number of nitrogens with zero attached hydrogens (tertiary/aromatic N) is 1. The molecule has 1 aromatic heterocycles. The highest BCUT2D eigenvalue weighted by Gasteiger charge is 2.07. The maximum Gasteiger partial charge on any atom is 0.0941 e. The molecule has 0 aliphatic rings. The lowest BCUT2D eigenvalue weighted by atomic mass is 10.0. The Morgan fingerprint density at radius 2 is 1.81 bits per heavy atom. The third-order valence-corrected chi connectivity index (χ3v) is 4.12. The quantitative estimate of drug-likeness (QED) is 0.401. The predicted molar refractivity (Wildman–Crippen MR) is 91.5 cm³/mol. The largest absolute Gasteiger partial charge is 0.397 e. The monoisotopic (exact) mass is 278 g/mol. The molecule has 3 aromatic rings. The lowest BCUT2D eigenvalue weighted by Crippen LogP contribution is -1.98. The summed E-state index contributed by atoms with van der Waals surface area (Å²) in [6.07, 6.45) is 6.10. The van der Waals surface area contributed by atoms with Crippen molar-refractivity contribution < 1.29 is 0 Å². The molecule has 3 rings (SSSR count). The number of rotatable bonds is 5. The van der Waals surface area contributed by atoms with Crippen molar-refractivity contribution in [2.75, 3.05) is 5.73 Å². The van der Waals surface area contributed by atoms with Gasteiger partial charge in [0.2, 0.25) is 0 Å². The summed E-state index contributed by atoms with van der Waals surface area (Å²) in [4.78, 5) is 4.76. The van der Waals surface area contributed by atoms with Crippen LogP contribution < -0.4 is 5.73 Å². The first-order valence-electron chi connectivity index (χ1n) is 7.86. The molecule has 0 bridgehead atoms. The van der Waals surface area contributed by atoms with Gasteiger partial charge in [0.1, 0.15) is 0 Å². The molecule has 108 valence electrons. The Kier molecular flexibility index (Phi) is 4.05. The highest BCUT2D eigenvalue weighted by atomic mass is 14.7. The number of nitrogens with two attached hydrogens (primary N) is 1. The van der Waals surface area contributed by atoms with E-state index in [1.807, 2.05) is 18.2 Å². The molecule has 0 fully saturated rings. The zero-order chi connectivity index (χ0) is 14.7. The molecular formula is C19H22N2. The fraction of sp³-hybridized carbons (Fsp3) is 0.316. The maximum absolute atomic E-state index is 6.36. The average Bonchev–Trinajstić information content (AvgIpc) is 2.52. The Balaban J connectivity index is 1.97. The van der Waals surface area contributed by atoms with E-state index in [2.05, 4.69) is 31.2 Å². The molecule has 0 aliphatic heterocycles. The van der Waals surface area contributed by atoms with Crippen LogP contribution >= 0.6 is 0 Å². The summed E-state index contributed by atoms with van der Waals surface area (Å²) in [6.45, 7) is 2.24. The third-order valence-electron chi connectivity index (χ3n) is 4.12. The Labute approximate surface area is 126 Å². The van der Waals surface area contributed by atoms with E-state index in [-0.39, 0.29) is 0 Å². The summed E-state index contributed by atoms with van der Waals surface area (Å²) in [5, 5.41) is 2.30. The van der Waals surface area contributed by atoms with Gasteiger partial charge in [-0.05, 0) is 30.5 Å². The van der Waals surface area contributed by atoms with Crippen molar-refractivity contribution in [1.29, 1.82) is 0 Å². The summed E-state index contributed by atoms with van der Waals surface area (Å²) >= 11 is 0. The van der Waals surface area contributed by atoms with Gasteiger partial charge in [0.25, 0.3) is 0 Å². The Morgan fingerprint density at radius 1 is 0.952 bits per heavy atom. The average molecular weight is 278 g/mol. The number of aromatic nitrogens is 1. The molecule has 2 nitrogen and oxygen atoms in total. The van der Waals surface area contributed by atoms with Gasteiger partial charge in [-0.15, -0.1) is 0 Å². The molecule has 0 unspecified atom stereocenters. The van der Waals surface area contributed by atoms with Gasteiger partial charge in [-0.3, -0.25) is 0 Å². The highest BCUT2D eigenvalue weighted by Crippen LogP contribution is 2.27. The number of nitrogen functional groups attached to an aromatic ring is 1. The molecule has 0 aliphatic carbocycles. The zero-order valence-electron chi connectivity index (χ0n) is 12.6. The molecule has 0 amide bonds. The summed E-state index contributed by atoms with van der Waals surface area (Å²) in [5.41, 5.74) is 10.4. The van der Waals surface area contributed by atoms with Crippen molar-refractivity contribution in [3.05, 3.63) is 48.0 Å². The number of fused-ring (bicyclic) bond motifs is 2. The van der Waals surface area contributed by atoms with Crippen molar-refractivity contribution in [1.82, 2.24) is 4.98 Å². The molecule has 2 heteroatoms. The second kappa shape index (κ2) is 6.13. The van der Waals surface area contributed by atoms with Crippen LogP contribution in [0.25, 0.3) is 21.8 Å². The van der Waals surface area contributed by atoms with E-state index in [0.29, 0.717) is 0 Å². The minimum atomic E-state index is 0.856. The summed E-state index contributed by atoms with van der Waals surface area (Å²) in [6, 6.07) is 14.7. The van der Waals surface area contributed by atoms with E-state index in [0.717, 1.165) is 28.5 Å². The molecule has 0 radical (unpaired) electrons. The molecule has 0 saturated heterocycles. The number of aryl methyl sites for hydroxylation is 1. The number of benzene rings is 2. The van der Waals surface area contributed by atoms with Crippen LogP contribution in [0, 0.1) is 0 Å². The smallest absolute Gasteiger partial charge is 0.0941 e. The van der Waals surface area contributed by atoms with Gasteiger partial charge in [0, 0.05) is 10.8 Å². The van der Waals surface area contributed by atoms with Gasteiger partial charge in [-0.1, -0.05) is 56.5 Å². The van der Waals surface area contributed by atoms with Crippen molar-refractivity contribution in [2.24, 2.45) is 0 Å². The van der Waals surface area contributed by atoms with Gasteiger partial charge < -0.3 is 5.73 Å². The van der Waals surface area contributed by atoms with Crippen LogP contribution in [0.2, 0.25) is 0 Å². The standard InChI is InChI=1S/C19H22N2/c1-2-3-4-5-8-14-11-12-16-13-15-9-6-7-10-17(15)21-19(16)18(14)20/h6-7,9-13H,2-5,8,20H2,1H3. The second-order valence-electron chi connectivity index (χ2n) is 5.70. The van der Waals surface area contributed by atoms with Gasteiger partial charge in [-0.25, -0.2) is 4.98 Å². The normalized spacial score (nSPS) is 11.3. The molecular weight excluding hydrogens is 256 g/mol. The number of anilines is 1. The van der Waals surface area contributed by atoms with Crippen molar-refractivity contribution in [3.63, 3.8) is 0 Å². The number of para-hydroxylation sites is 1. The first kappa shape index (κ1) is 13.9. The van der Waals surface area contributed by atoms with E-state index < -0.39 is 0 Å². The van der Waals surface area contributed by atoms with Crippen molar-refractivity contribution in [2.45, 2.75) is 39.0 Å². The number of hydrogen-bond donors (Lipinski definition) is 1. The Morgan fingerprint density at radius 3 is 2.67 bits per heavy atom. The number of pyridine rings is 1. The summed E-state index contributed by atoms with van der Waals surface area (Å²) in [5.74, 6) is 0. The van der Waals surface area contributed by atoms with Crippen LogP contribution in [-0.2, 0) is 6.42 Å². The van der Waals surface area contributed by atoms with Crippen LogP contribution in [0.4, 0.5) is 5.69 Å². The lowest BCUT2D eigenvalue weighted by Gasteiger charge is -2.09. The minimum absolute atomic E-state index is 0.856. The van der Waals surface area contributed by atoms with E-state index in [4.69, 9.17) is 10.7 Å². The van der Waals surface area contributed by atoms with Crippen molar-refractivity contribution >= 4 is 27.5 Å². The van der Waals surface area contributed by atoms with Gasteiger partial charge in [-0.2, -0.15) is 0 Å². The molecule has 0 atom stereocenters. The first-order valence-corrected chi connectivity index (χ1v) is 7.86. The van der Waals surface area contributed by atoms with Crippen molar-refractivity contribution in [3.8, 4) is 0 Å². The second-order valence-corrected chi connectivity index (χ2v) is 5.70. The first-order chi connectivity index (χ1) is 10.3. The molecule has 2 aromatic carbocycles. The van der Waals surface area contributed by atoms with Crippen LogP contribution in [-0.4, -0.2) is 4.98 Å². The van der Waals surface area contributed by atoms with Gasteiger partial charge >= 0.3 is 0 Å².